The molecule has 2 nitrogen and oxygen atoms in total. The van der Waals surface area contributed by atoms with Gasteiger partial charge in [-0.15, -0.1) is 0 Å². The molecule has 1 N–H and O–H groups in total. The maximum absolute atomic E-state index is 11.0. The van der Waals surface area contributed by atoms with E-state index in [-0.39, 0.29) is 0 Å². The molecule has 0 aromatic heterocycles. The molecule has 0 saturated carbocycles. The molecule has 2 unspecified atom stereocenters. The van der Waals surface area contributed by atoms with E-state index in [4.69, 9.17) is 0 Å². The molecule has 0 heterocycles. The Morgan fingerprint density at radius 2 is 2.17 bits per heavy atom. The van der Waals surface area contributed by atoms with Crippen LogP contribution in [-0.4, -0.2) is 22.8 Å². The van der Waals surface area contributed by atoms with Crippen LogP contribution in [0.4, 0.5) is 0 Å². The predicted molar refractivity (Wildman–Crippen MR) is 78.3 cm³/mol. The lowest BCUT2D eigenvalue weighted by molar-refractivity contribution is 0.490. The lowest BCUT2D eigenvalue weighted by Crippen LogP contribution is -2.23. The van der Waals surface area contributed by atoms with Gasteiger partial charge < -0.3 is 5.32 Å². The molecule has 2 atom stereocenters. The number of hydrogen-bond acceptors (Lipinski definition) is 2. The third-order valence-electron chi connectivity index (χ3n) is 3.62. The Bertz CT molecular complexity index is 405. The van der Waals surface area contributed by atoms with Crippen molar-refractivity contribution in [2.45, 2.75) is 38.1 Å². The summed E-state index contributed by atoms with van der Waals surface area (Å²) in [6, 6.07) is 9.29. The van der Waals surface area contributed by atoms with E-state index >= 15 is 0 Å². The smallest absolute Gasteiger partial charge is 0.0322 e. The normalized spacial score (nSPS) is 21.1. The molecule has 0 radical (unpaired) electrons. The van der Waals surface area contributed by atoms with E-state index < -0.39 is 10.8 Å². The quantitative estimate of drug-likeness (QED) is 0.655. The van der Waals surface area contributed by atoms with Gasteiger partial charge in [0.05, 0.1) is 0 Å². The summed E-state index contributed by atoms with van der Waals surface area (Å²) in [6.07, 6.45) is 7.82. The fraction of sp³-hybridized carbons (Fsp3) is 0.600. The molecule has 2 rings (SSSR count). The van der Waals surface area contributed by atoms with Crippen molar-refractivity contribution in [3.05, 3.63) is 35.4 Å². The highest BCUT2D eigenvalue weighted by Crippen LogP contribution is 2.28. The first-order valence-electron chi connectivity index (χ1n) is 6.88. The summed E-state index contributed by atoms with van der Waals surface area (Å²) in [5.41, 5.74) is 2.99. The highest BCUT2D eigenvalue weighted by atomic mass is 32.2. The first-order chi connectivity index (χ1) is 8.77. The second kappa shape index (κ2) is 7.05. The molecule has 1 aromatic rings. The molecule has 0 aliphatic heterocycles. The van der Waals surface area contributed by atoms with Gasteiger partial charge in [-0.1, -0.05) is 30.7 Å². The van der Waals surface area contributed by atoms with E-state index in [1.807, 2.05) is 0 Å². The number of nitrogens with one attached hydrogen (secondary N) is 1. The molecule has 0 spiro atoms. The number of fused-ring (bicyclic) bond motifs is 1. The van der Waals surface area contributed by atoms with Crippen LogP contribution < -0.4 is 5.32 Å². The maximum Gasteiger partial charge on any atom is 0.0322 e. The van der Waals surface area contributed by atoms with Gasteiger partial charge in [0.25, 0.3) is 0 Å². The Labute approximate surface area is 113 Å². The summed E-state index contributed by atoms with van der Waals surface area (Å²) in [6.45, 7) is 0.971. The van der Waals surface area contributed by atoms with Crippen molar-refractivity contribution in [3.63, 3.8) is 0 Å². The zero-order chi connectivity index (χ0) is 12.8. The summed E-state index contributed by atoms with van der Waals surface area (Å²) < 4.78 is 11.0. The Morgan fingerprint density at radius 1 is 1.33 bits per heavy atom. The van der Waals surface area contributed by atoms with Gasteiger partial charge >= 0.3 is 0 Å². The minimum atomic E-state index is -0.661. The van der Waals surface area contributed by atoms with Crippen molar-refractivity contribution < 1.29 is 4.21 Å². The average molecular weight is 265 g/mol. The summed E-state index contributed by atoms with van der Waals surface area (Å²) in [4.78, 5) is 0. The fourth-order valence-electron chi connectivity index (χ4n) is 2.68. The van der Waals surface area contributed by atoms with Crippen molar-refractivity contribution in [3.8, 4) is 0 Å². The molecule has 18 heavy (non-hydrogen) atoms. The van der Waals surface area contributed by atoms with Gasteiger partial charge in [0.2, 0.25) is 0 Å². The fourth-order valence-corrected chi connectivity index (χ4v) is 3.24. The van der Waals surface area contributed by atoms with E-state index in [9.17, 15) is 4.21 Å². The number of rotatable bonds is 5. The monoisotopic (exact) mass is 265 g/mol. The van der Waals surface area contributed by atoms with Gasteiger partial charge in [-0.25, -0.2) is 0 Å². The third kappa shape index (κ3) is 3.92. The van der Waals surface area contributed by atoms with Crippen LogP contribution in [0.5, 0.6) is 0 Å². The molecular formula is C15H23NOS. The summed E-state index contributed by atoms with van der Waals surface area (Å²) in [7, 11) is -0.661. The standard InChI is InChI=1S/C15H23NOS/c1-18(17)12-6-11-16-15-10-5-3-8-13-7-2-4-9-14(13)15/h2,4,7,9,15-16H,3,5-6,8,10-12H2,1H3. The van der Waals surface area contributed by atoms with Crippen LogP contribution in [0, 0.1) is 0 Å². The Kier molecular flexibility index (Phi) is 5.39. The van der Waals surface area contributed by atoms with Crippen LogP contribution in [0.1, 0.15) is 42.9 Å². The Morgan fingerprint density at radius 3 is 3.00 bits per heavy atom. The lowest BCUT2D eigenvalue weighted by Gasteiger charge is -2.19. The number of aryl methyl sites for hydroxylation is 1. The van der Waals surface area contributed by atoms with E-state index in [1.165, 1.54) is 36.8 Å². The minimum Gasteiger partial charge on any atom is -0.310 e. The predicted octanol–water partition coefficient (Wildman–Crippen LogP) is 2.81. The first-order valence-corrected chi connectivity index (χ1v) is 8.61. The van der Waals surface area contributed by atoms with Crippen LogP contribution in [0.3, 0.4) is 0 Å². The highest BCUT2D eigenvalue weighted by Gasteiger charge is 2.17. The van der Waals surface area contributed by atoms with Gasteiger partial charge in [-0.3, -0.25) is 4.21 Å². The molecule has 1 aliphatic carbocycles. The molecule has 1 aromatic carbocycles. The average Bonchev–Trinajstić information content (AvgIpc) is 2.57. The van der Waals surface area contributed by atoms with Crippen LogP contribution in [0.15, 0.2) is 24.3 Å². The van der Waals surface area contributed by atoms with Gasteiger partial charge in [0.15, 0.2) is 0 Å². The molecule has 3 heteroatoms. The van der Waals surface area contributed by atoms with E-state index in [1.54, 1.807) is 6.26 Å². The van der Waals surface area contributed by atoms with Crippen molar-refractivity contribution in [2.75, 3.05) is 18.6 Å². The molecule has 0 amide bonds. The van der Waals surface area contributed by atoms with Crippen LogP contribution >= 0.6 is 0 Å². The maximum atomic E-state index is 11.0. The van der Waals surface area contributed by atoms with Crippen LogP contribution in [0.25, 0.3) is 0 Å². The summed E-state index contributed by atoms with van der Waals surface area (Å²) >= 11 is 0. The zero-order valence-corrected chi connectivity index (χ0v) is 12.0. The van der Waals surface area contributed by atoms with Crippen molar-refractivity contribution in [1.29, 1.82) is 0 Å². The molecule has 1 aliphatic rings. The summed E-state index contributed by atoms with van der Waals surface area (Å²) in [5, 5.41) is 3.64. The van der Waals surface area contributed by atoms with Gasteiger partial charge in [-0.2, -0.15) is 0 Å². The molecular weight excluding hydrogens is 242 g/mol. The third-order valence-corrected chi connectivity index (χ3v) is 4.48. The van der Waals surface area contributed by atoms with E-state index in [0.29, 0.717) is 6.04 Å². The van der Waals surface area contributed by atoms with Crippen molar-refractivity contribution in [1.82, 2.24) is 5.32 Å². The molecule has 0 saturated heterocycles. The van der Waals surface area contributed by atoms with Gasteiger partial charge in [0.1, 0.15) is 0 Å². The highest BCUT2D eigenvalue weighted by molar-refractivity contribution is 7.84. The van der Waals surface area contributed by atoms with Crippen LogP contribution in [-0.2, 0) is 17.2 Å². The van der Waals surface area contributed by atoms with Crippen molar-refractivity contribution >= 4 is 10.8 Å². The van der Waals surface area contributed by atoms with Crippen molar-refractivity contribution in [2.24, 2.45) is 0 Å². The number of benzene rings is 1. The molecule has 0 fully saturated rings. The number of hydrogen-bond donors (Lipinski definition) is 1. The minimum absolute atomic E-state index is 0.494. The van der Waals surface area contributed by atoms with Gasteiger partial charge in [-0.05, 0) is 43.4 Å². The molecule has 0 bridgehead atoms. The SMILES string of the molecule is CS(=O)CCCNC1CCCCc2ccccc21. The van der Waals surface area contributed by atoms with Crippen LogP contribution in [0.2, 0.25) is 0 Å². The zero-order valence-electron chi connectivity index (χ0n) is 11.2. The first kappa shape index (κ1) is 13.8. The van der Waals surface area contributed by atoms with E-state index in [2.05, 4.69) is 29.6 Å². The second-order valence-electron chi connectivity index (χ2n) is 5.08. The lowest BCUT2D eigenvalue weighted by atomic mass is 9.99. The van der Waals surface area contributed by atoms with E-state index in [0.717, 1.165) is 18.7 Å². The largest absolute Gasteiger partial charge is 0.310 e. The molecule has 100 valence electrons. The topological polar surface area (TPSA) is 29.1 Å². The second-order valence-corrected chi connectivity index (χ2v) is 6.64. The Hall–Kier alpha value is -0.670. The Balaban J connectivity index is 1.93. The van der Waals surface area contributed by atoms with Gasteiger partial charge in [0, 0.05) is 28.9 Å². The summed E-state index contributed by atoms with van der Waals surface area (Å²) in [5.74, 6) is 0.807.